The van der Waals surface area contributed by atoms with E-state index in [4.69, 9.17) is 5.73 Å². The molecule has 0 bridgehead atoms. The number of amides is 1. The van der Waals surface area contributed by atoms with Crippen LogP contribution in [0.5, 0.6) is 0 Å². The Kier molecular flexibility index (Phi) is 2.62. The predicted octanol–water partition coefficient (Wildman–Crippen LogP) is 0.940. The van der Waals surface area contributed by atoms with Gasteiger partial charge in [-0.3, -0.25) is 9.48 Å². The van der Waals surface area contributed by atoms with Crippen molar-refractivity contribution in [3.8, 4) is 0 Å². The van der Waals surface area contributed by atoms with Crippen LogP contribution in [0.15, 0.2) is 6.20 Å². The van der Waals surface area contributed by atoms with Crippen molar-refractivity contribution in [3.63, 3.8) is 0 Å². The Labute approximate surface area is 88.6 Å². The highest BCUT2D eigenvalue weighted by Gasteiger charge is 2.20. The maximum absolute atomic E-state index is 11.4. The number of nitrogen functional groups attached to an aromatic ring is 1. The molecule has 1 fully saturated rings. The van der Waals surface area contributed by atoms with Crippen LogP contribution in [0, 0.1) is 0 Å². The molecule has 15 heavy (non-hydrogen) atoms. The summed E-state index contributed by atoms with van der Waals surface area (Å²) < 4.78 is 1.84. The van der Waals surface area contributed by atoms with Crippen LogP contribution in [-0.4, -0.2) is 22.7 Å². The van der Waals surface area contributed by atoms with Gasteiger partial charge in [-0.25, -0.2) is 0 Å². The Morgan fingerprint density at radius 1 is 1.60 bits per heavy atom. The standard InChI is InChI=1S/C10H16N4O/c1-12-10(15)8-6-14(13-9(8)11)7-4-2-3-5-7/h6-7H,2-5H2,1H3,(H2,11,13)(H,12,15). The topological polar surface area (TPSA) is 72.9 Å². The van der Waals surface area contributed by atoms with E-state index in [1.54, 1.807) is 13.2 Å². The highest BCUT2D eigenvalue weighted by Crippen LogP contribution is 2.29. The van der Waals surface area contributed by atoms with Crippen molar-refractivity contribution in [2.75, 3.05) is 12.8 Å². The zero-order valence-electron chi connectivity index (χ0n) is 8.86. The van der Waals surface area contributed by atoms with Gasteiger partial charge in [-0.15, -0.1) is 0 Å². The van der Waals surface area contributed by atoms with Gasteiger partial charge < -0.3 is 11.1 Å². The number of nitrogens with one attached hydrogen (secondary N) is 1. The normalized spacial score (nSPS) is 16.9. The molecule has 5 nitrogen and oxygen atoms in total. The van der Waals surface area contributed by atoms with Gasteiger partial charge in [0.15, 0.2) is 5.82 Å². The van der Waals surface area contributed by atoms with Gasteiger partial charge in [-0.2, -0.15) is 5.10 Å². The van der Waals surface area contributed by atoms with E-state index in [0.717, 1.165) is 12.8 Å². The average Bonchev–Trinajstić information content (AvgIpc) is 2.84. The fourth-order valence-corrected chi connectivity index (χ4v) is 2.07. The van der Waals surface area contributed by atoms with Crippen LogP contribution in [0.25, 0.3) is 0 Å². The van der Waals surface area contributed by atoms with Crippen LogP contribution in [0.1, 0.15) is 42.1 Å². The van der Waals surface area contributed by atoms with Crippen molar-refractivity contribution in [1.29, 1.82) is 0 Å². The van der Waals surface area contributed by atoms with E-state index in [2.05, 4.69) is 10.4 Å². The third kappa shape index (κ3) is 1.82. The van der Waals surface area contributed by atoms with Gasteiger partial charge in [-0.05, 0) is 12.8 Å². The molecule has 1 aliphatic carbocycles. The Hall–Kier alpha value is -1.52. The number of carbonyl (C=O) groups is 1. The van der Waals surface area contributed by atoms with E-state index in [0.29, 0.717) is 17.4 Å². The van der Waals surface area contributed by atoms with Crippen molar-refractivity contribution in [3.05, 3.63) is 11.8 Å². The number of hydrogen-bond acceptors (Lipinski definition) is 3. The number of nitrogens with zero attached hydrogens (tertiary/aromatic N) is 2. The summed E-state index contributed by atoms with van der Waals surface area (Å²) in [5.41, 5.74) is 6.17. The number of nitrogens with two attached hydrogens (primary N) is 1. The lowest BCUT2D eigenvalue weighted by molar-refractivity contribution is 0.0964. The first kappa shape index (κ1) is 10.0. The van der Waals surface area contributed by atoms with Gasteiger partial charge in [0.25, 0.3) is 5.91 Å². The molecule has 0 aliphatic heterocycles. The summed E-state index contributed by atoms with van der Waals surface area (Å²) in [5, 5.41) is 6.75. The summed E-state index contributed by atoms with van der Waals surface area (Å²) in [6.07, 6.45) is 6.49. The largest absolute Gasteiger partial charge is 0.382 e. The summed E-state index contributed by atoms with van der Waals surface area (Å²) in [5.74, 6) is 0.151. The molecule has 1 aromatic heterocycles. The van der Waals surface area contributed by atoms with E-state index >= 15 is 0 Å². The molecule has 82 valence electrons. The molecule has 0 aromatic carbocycles. The first-order valence-electron chi connectivity index (χ1n) is 5.29. The van der Waals surface area contributed by atoms with Crippen molar-refractivity contribution in [2.45, 2.75) is 31.7 Å². The molecule has 1 saturated carbocycles. The molecular formula is C10H16N4O. The highest BCUT2D eigenvalue weighted by atomic mass is 16.1. The van der Waals surface area contributed by atoms with Crippen LogP contribution in [-0.2, 0) is 0 Å². The van der Waals surface area contributed by atoms with Gasteiger partial charge in [0.05, 0.1) is 6.04 Å². The van der Waals surface area contributed by atoms with Crippen LogP contribution >= 0.6 is 0 Å². The number of anilines is 1. The summed E-state index contributed by atoms with van der Waals surface area (Å²) in [6, 6.07) is 0.422. The van der Waals surface area contributed by atoms with Gasteiger partial charge in [0, 0.05) is 13.2 Å². The Bertz CT molecular complexity index is 365. The van der Waals surface area contributed by atoms with Crippen molar-refractivity contribution < 1.29 is 4.79 Å². The molecule has 1 aliphatic rings. The minimum absolute atomic E-state index is 0.170. The molecule has 0 spiro atoms. The van der Waals surface area contributed by atoms with Crippen LogP contribution in [0.4, 0.5) is 5.82 Å². The quantitative estimate of drug-likeness (QED) is 0.759. The smallest absolute Gasteiger partial charge is 0.256 e. The minimum Gasteiger partial charge on any atom is -0.382 e. The van der Waals surface area contributed by atoms with Crippen molar-refractivity contribution in [2.24, 2.45) is 0 Å². The Morgan fingerprint density at radius 2 is 2.27 bits per heavy atom. The molecule has 2 rings (SSSR count). The van der Waals surface area contributed by atoms with Crippen molar-refractivity contribution in [1.82, 2.24) is 15.1 Å². The average molecular weight is 208 g/mol. The number of carbonyl (C=O) groups excluding carboxylic acids is 1. The fourth-order valence-electron chi connectivity index (χ4n) is 2.07. The zero-order chi connectivity index (χ0) is 10.8. The van der Waals surface area contributed by atoms with E-state index in [-0.39, 0.29) is 5.91 Å². The molecule has 1 amide bonds. The molecule has 1 aromatic rings. The molecule has 3 N–H and O–H groups in total. The second-order valence-corrected chi connectivity index (χ2v) is 3.93. The minimum atomic E-state index is -0.170. The van der Waals surface area contributed by atoms with E-state index in [9.17, 15) is 4.79 Å². The molecule has 0 atom stereocenters. The molecule has 0 radical (unpaired) electrons. The maximum atomic E-state index is 11.4. The molecule has 1 heterocycles. The first-order valence-corrected chi connectivity index (χ1v) is 5.29. The van der Waals surface area contributed by atoms with Gasteiger partial charge in [0.2, 0.25) is 0 Å². The number of aromatic nitrogens is 2. The summed E-state index contributed by atoms with van der Waals surface area (Å²) in [6.45, 7) is 0. The lowest BCUT2D eigenvalue weighted by Gasteiger charge is -2.08. The van der Waals surface area contributed by atoms with Gasteiger partial charge in [0.1, 0.15) is 5.56 Å². The van der Waals surface area contributed by atoms with Crippen molar-refractivity contribution >= 4 is 11.7 Å². The lowest BCUT2D eigenvalue weighted by atomic mass is 10.2. The maximum Gasteiger partial charge on any atom is 0.256 e. The fraction of sp³-hybridized carbons (Fsp3) is 0.600. The highest BCUT2D eigenvalue weighted by molar-refractivity contribution is 5.97. The molecular weight excluding hydrogens is 192 g/mol. The van der Waals surface area contributed by atoms with Crippen LogP contribution in [0.2, 0.25) is 0 Å². The number of hydrogen-bond donors (Lipinski definition) is 2. The van der Waals surface area contributed by atoms with E-state index < -0.39 is 0 Å². The second-order valence-electron chi connectivity index (χ2n) is 3.93. The monoisotopic (exact) mass is 208 g/mol. The molecule has 0 unspecified atom stereocenters. The van der Waals surface area contributed by atoms with Gasteiger partial charge >= 0.3 is 0 Å². The Morgan fingerprint density at radius 3 is 2.87 bits per heavy atom. The second kappa shape index (κ2) is 3.92. The number of rotatable bonds is 2. The Balaban J connectivity index is 2.23. The molecule has 5 heteroatoms. The van der Waals surface area contributed by atoms with Crippen LogP contribution < -0.4 is 11.1 Å². The predicted molar refractivity (Wildman–Crippen MR) is 57.5 cm³/mol. The summed E-state index contributed by atoms with van der Waals surface area (Å²) >= 11 is 0. The van der Waals surface area contributed by atoms with E-state index in [1.165, 1.54) is 12.8 Å². The molecule has 0 saturated heterocycles. The summed E-state index contributed by atoms with van der Waals surface area (Å²) in [7, 11) is 1.59. The third-order valence-electron chi connectivity index (χ3n) is 2.93. The lowest BCUT2D eigenvalue weighted by Crippen LogP contribution is -2.18. The summed E-state index contributed by atoms with van der Waals surface area (Å²) in [4.78, 5) is 11.4. The zero-order valence-corrected chi connectivity index (χ0v) is 8.86. The third-order valence-corrected chi connectivity index (χ3v) is 2.93. The van der Waals surface area contributed by atoms with Gasteiger partial charge in [-0.1, -0.05) is 12.8 Å². The van der Waals surface area contributed by atoms with E-state index in [1.807, 2.05) is 4.68 Å². The first-order chi connectivity index (χ1) is 7.22. The van der Waals surface area contributed by atoms with Crippen LogP contribution in [0.3, 0.4) is 0 Å². The SMILES string of the molecule is CNC(=O)c1cn(C2CCCC2)nc1N.